The largest absolute Gasteiger partial charge is 0.508 e. The number of aryl methyl sites for hydroxylation is 1. The molecule has 2 atom stereocenters. The molecule has 2 unspecified atom stereocenters. The Morgan fingerprint density at radius 3 is 2.22 bits per heavy atom. The molecule has 8 heteroatoms. The fraction of sp³-hybridized carbons (Fsp3) is 0.536. The summed E-state index contributed by atoms with van der Waals surface area (Å²) < 4.78 is 5.72. The highest BCUT2D eigenvalue weighted by atomic mass is 16.5. The summed E-state index contributed by atoms with van der Waals surface area (Å²) in [5, 5.41) is 48.0. The highest BCUT2D eigenvalue weighted by molar-refractivity contribution is 5.71. The molecule has 0 aliphatic heterocycles. The van der Waals surface area contributed by atoms with Crippen LogP contribution in [0.4, 0.5) is 0 Å². The van der Waals surface area contributed by atoms with Crippen LogP contribution in [0.5, 0.6) is 5.75 Å². The molecule has 0 fully saturated rings. The van der Waals surface area contributed by atoms with Crippen molar-refractivity contribution in [2.45, 2.75) is 70.7 Å². The lowest BCUT2D eigenvalue weighted by Crippen LogP contribution is -2.22. The molecule has 0 bridgehead atoms. The summed E-state index contributed by atoms with van der Waals surface area (Å²) >= 11 is 0. The van der Waals surface area contributed by atoms with E-state index in [1.54, 1.807) is 12.1 Å². The van der Waals surface area contributed by atoms with Crippen LogP contribution in [0.3, 0.4) is 0 Å². The molecular weight excluding hydrogens is 462 g/mol. The first-order valence-corrected chi connectivity index (χ1v) is 12.7. The number of carbonyl (C=O) groups is 1. The maximum absolute atomic E-state index is 10.2. The summed E-state index contributed by atoms with van der Waals surface area (Å²) in [6, 6.07) is 15.4. The predicted molar refractivity (Wildman–Crippen MR) is 140 cm³/mol. The number of nitrogens with one attached hydrogen (secondary N) is 1. The van der Waals surface area contributed by atoms with Gasteiger partial charge in [-0.05, 0) is 68.8 Å². The number of rotatable bonds is 17. The monoisotopic (exact) mass is 505 g/mol. The number of unbranched alkanes of at least 4 members (excludes halogenated alkanes) is 4. The number of aliphatic carboxylic acids is 1. The third kappa shape index (κ3) is 14.8. The maximum Gasteiger partial charge on any atom is 0.332 e. The standard InChI is InChI=1S/C25H37NO4.C3H6O3/c27-20-23-18-22(13-14-24(23)28)25(29)19-26-15-7-1-2-8-16-30-17-9-6-12-21-10-4-3-5-11-21;1-2(4)3(5)6/h3-5,10-11,13-14,18,25-29H,1-2,6-9,12,15-17,19-20H2;2,4H,1H3,(H,5,6). The summed E-state index contributed by atoms with van der Waals surface area (Å²) in [5.74, 6) is -1.13. The molecule has 8 nitrogen and oxygen atoms in total. The molecule has 0 saturated carbocycles. The van der Waals surface area contributed by atoms with Crippen LogP contribution >= 0.6 is 0 Å². The highest BCUT2D eigenvalue weighted by Gasteiger charge is 2.09. The molecule has 0 spiro atoms. The van der Waals surface area contributed by atoms with E-state index >= 15 is 0 Å². The number of hydrogen-bond acceptors (Lipinski definition) is 7. The number of aliphatic hydroxyl groups excluding tert-OH is 3. The second-order valence-electron chi connectivity index (χ2n) is 8.75. The first-order chi connectivity index (χ1) is 17.3. The van der Waals surface area contributed by atoms with Crippen LogP contribution < -0.4 is 5.32 Å². The molecule has 0 aliphatic carbocycles. The van der Waals surface area contributed by atoms with Gasteiger partial charge in [0.25, 0.3) is 0 Å². The Kier molecular flexibility index (Phi) is 17.2. The lowest BCUT2D eigenvalue weighted by Gasteiger charge is -2.14. The van der Waals surface area contributed by atoms with Gasteiger partial charge < -0.3 is 35.6 Å². The van der Waals surface area contributed by atoms with Gasteiger partial charge in [-0.2, -0.15) is 0 Å². The van der Waals surface area contributed by atoms with Crippen LogP contribution in [0, 0.1) is 0 Å². The fourth-order valence-corrected chi connectivity index (χ4v) is 3.38. The van der Waals surface area contributed by atoms with Crippen molar-refractivity contribution in [3.63, 3.8) is 0 Å². The number of carboxylic acids is 1. The minimum Gasteiger partial charge on any atom is -0.508 e. The molecule has 202 valence electrons. The van der Waals surface area contributed by atoms with Crippen molar-refractivity contribution in [1.82, 2.24) is 5.32 Å². The van der Waals surface area contributed by atoms with Gasteiger partial charge in [-0.15, -0.1) is 0 Å². The third-order valence-corrected chi connectivity index (χ3v) is 5.59. The van der Waals surface area contributed by atoms with Gasteiger partial charge in [0.05, 0.1) is 12.7 Å². The van der Waals surface area contributed by atoms with Crippen molar-refractivity contribution in [3.05, 3.63) is 65.2 Å². The summed E-state index contributed by atoms with van der Waals surface area (Å²) in [6.07, 6.45) is 6.01. The lowest BCUT2D eigenvalue weighted by atomic mass is 10.1. The van der Waals surface area contributed by atoms with E-state index < -0.39 is 18.2 Å². The van der Waals surface area contributed by atoms with Crippen molar-refractivity contribution in [2.75, 3.05) is 26.3 Å². The Labute approximate surface area is 214 Å². The van der Waals surface area contributed by atoms with E-state index in [2.05, 4.69) is 35.6 Å². The minimum atomic E-state index is -1.23. The SMILES string of the molecule is CC(O)C(=O)O.OCc1cc(C(O)CNCCCCCCOCCCCc2ccccc2)ccc1O. The summed E-state index contributed by atoms with van der Waals surface area (Å²) in [4.78, 5) is 9.45. The van der Waals surface area contributed by atoms with Crippen LogP contribution in [0.1, 0.15) is 68.2 Å². The Bertz CT molecular complexity index is 830. The van der Waals surface area contributed by atoms with Crippen LogP contribution in [0.15, 0.2) is 48.5 Å². The zero-order valence-corrected chi connectivity index (χ0v) is 21.3. The lowest BCUT2D eigenvalue weighted by molar-refractivity contribution is -0.145. The van der Waals surface area contributed by atoms with Crippen LogP contribution in [-0.4, -0.2) is 63.9 Å². The van der Waals surface area contributed by atoms with Crippen LogP contribution in [-0.2, 0) is 22.6 Å². The van der Waals surface area contributed by atoms with E-state index in [-0.39, 0.29) is 12.4 Å². The Balaban J connectivity index is 0.000000960. The molecule has 2 rings (SSSR count). The van der Waals surface area contributed by atoms with Crippen molar-refractivity contribution in [2.24, 2.45) is 0 Å². The molecule has 0 aliphatic rings. The van der Waals surface area contributed by atoms with E-state index in [9.17, 15) is 20.1 Å². The first-order valence-electron chi connectivity index (χ1n) is 12.7. The van der Waals surface area contributed by atoms with Gasteiger partial charge in [0.1, 0.15) is 11.9 Å². The number of ether oxygens (including phenoxy) is 1. The van der Waals surface area contributed by atoms with Crippen molar-refractivity contribution in [3.8, 4) is 5.75 Å². The number of phenols is 1. The average molecular weight is 506 g/mol. The Morgan fingerprint density at radius 1 is 0.944 bits per heavy atom. The number of carboxylic acid groups (broad SMARTS) is 1. The number of benzene rings is 2. The van der Waals surface area contributed by atoms with Gasteiger partial charge in [0.15, 0.2) is 0 Å². The molecule has 6 N–H and O–H groups in total. The smallest absolute Gasteiger partial charge is 0.332 e. The molecule has 0 saturated heterocycles. The molecule has 0 aromatic heterocycles. The topological polar surface area (TPSA) is 139 Å². The van der Waals surface area contributed by atoms with Gasteiger partial charge >= 0.3 is 5.97 Å². The van der Waals surface area contributed by atoms with E-state index in [1.807, 2.05) is 0 Å². The molecule has 36 heavy (non-hydrogen) atoms. The molecule has 0 radical (unpaired) electrons. The van der Waals surface area contributed by atoms with E-state index in [0.717, 1.165) is 58.3 Å². The van der Waals surface area contributed by atoms with Crippen molar-refractivity contribution >= 4 is 5.97 Å². The van der Waals surface area contributed by atoms with Gasteiger partial charge in [0.2, 0.25) is 0 Å². The second-order valence-corrected chi connectivity index (χ2v) is 8.75. The maximum atomic E-state index is 10.2. The number of aromatic hydroxyl groups is 1. The Hall–Kier alpha value is -2.49. The molecule has 0 amide bonds. The zero-order valence-electron chi connectivity index (χ0n) is 21.3. The third-order valence-electron chi connectivity index (χ3n) is 5.59. The number of hydrogen-bond donors (Lipinski definition) is 6. The summed E-state index contributed by atoms with van der Waals surface area (Å²) in [5.41, 5.74) is 2.53. The second kappa shape index (κ2) is 19.7. The quantitative estimate of drug-likeness (QED) is 0.179. The Morgan fingerprint density at radius 2 is 1.58 bits per heavy atom. The van der Waals surface area contributed by atoms with E-state index in [4.69, 9.17) is 14.9 Å². The predicted octanol–water partition coefficient (Wildman–Crippen LogP) is 3.56. The summed E-state index contributed by atoms with van der Waals surface area (Å²) in [7, 11) is 0. The minimum absolute atomic E-state index is 0.0533. The van der Waals surface area contributed by atoms with Gasteiger partial charge in [-0.3, -0.25) is 0 Å². The van der Waals surface area contributed by atoms with Crippen LogP contribution in [0.2, 0.25) is 0 Å². The normalized spacial score (nSPS) is 12.4. The van der Waals surface area contributed by atoms with Crippen molar-refractivity contribution < 1.29 is 35.1 Å². The molecule has 2 aromatic carbocycles. The number of aliphatic hydroxyl groups is 3. The van der Waals surface area contributed by atoms with E-state index in [0.29, 0.717) is 17.7 Å². The van der Waals surface area contributed by atoms with E-state index in [1.165, 1.54) is 25.0 Å². The molecule has 2 aromatic rings. The fourth-order valence-electron chi connectivity index (χ4n) is 3.38. The van der Waals surface area contributed by atoms with Crippen LogP contribution in [0.25, 0.3) is 0 Å². The first kappa shape index (κ1) is 31.5. The molecule has 0 heterocycles. The highest BCUT2D eigenvalue weighted by Crippen LogP contribution is 2.22. The van der Waals surface area contributed by atoms with Gasteiger partial charge in [-0.1, -0.05) is 49.2 Å². The average Bonchev–Trinajstić information content (AvgIpc) is 2.87. The van der Waals surface area contributed by atoms with Gasteiger partial charge in [-0.25, -0.2) is 4.79 Å². The van der Waals surface area contributed by atoms with Gasteiger partial charge in [0, 0.05) is 25.3 Å². The van der Waals surface area contributed by atoms with Crippen molar-refractivity contribution in [1.29, 1.82) is 0 Å². The zero-order chi connectivity index (χ0) is 26.6. The molecular formula is C28H43NO7. The summed E-state index contributed by atoms with van der Waals surface area (Å²) in [6.45, 7) is 3.97.